The number of hydrazine groups is 1. The Morgan fingerprint density at radius 2 is 1.89 bits per heavy atom. The molecule has 5 heteroatoms. The fourth-order valence-corrected chi connectivity index (χ4v) is 2.65. The van der Waals surface area contributed by atoms with E-state index >= 15 is 0 Å². The molecule has 0 aliphatic rings. The largest absolute Gasteiger partial charge is 0.271 e. The standard InChI is InChI=1S/C14H13BrFIN2/c15-12-3-1-2-11(14(12)16)13(19-18)8-9-4-6-10(17)7-5-9/h1-7,13,19H,8,18H2. The molecular formula is C14H13BrFIN2. The highest BCUT2D eigenvalue weighted by Crippen LogP contribution is 2.25. The van der Waals surface area contributed by atoms with E-state index in [2.05, 4.69) is 43.9 Å². The molecule has 0 saturated carbocycles. The summed E-state index contributed by atoms with van der Waals surface area (Å²) >= 11 is 5.45. The number of nitrogens with one attached hydrogen (secondary N) is 1. The number of rotatable bonds is 4. The summed E-state index contributed by atoms with van der Waals surface area (Å²) in [4.78, 5) is 0. The zero-order valence-electron chi connectivity index (χ0n) is 10.0. The summed E-state index contributed by atoms with van der Waals surface area (Å²) in [6.07, 6.45) is 0.640. The highest BCUT2D eigenvalue weighted by atomic mass is 127. The van der Waals surface area contributed by atoms with E-state index in [1.54, 1.807) is 18.2 Å². The van der Waals surface area contributed by atoms with Crippen LogP contribution in [0, 0.1) is 9.39 Å². The van der Waals surface area contributed by atoms with Crippen LogP contribution in [-0.2, 0) is 6.42 Å². The Labute approximate surface area is 133 Å². The Morgan fingerprint density at radius 1 is 1.21 bits per heavy atom. The Bertz CT molecular complexity index is 560. The van der Waals surface area contributed by atoms with Crippen molar-refractivity contribution in [3.05, 3.63) is 67.5 Å². The molecule has 2 rings (SSSR count). The van der Waals surface area contributed by atoms with Crippen molar-refractivity contribution in [1.82, 2.24) is 5.43 Å². The fraction of sp³-hybridized carbons (Fsp3) is 0.143. The SMILES string of the molecule is NNC(Cc1ccc(I)cc1)c1cccc(Br)c1F. The molecule has 100 valence electrons. The molecule has 0 fully saturated rings. The molecule has 1 unspecified atom stereocenters. The predicted molar refractivity (Wildman–Crippen MR) is 87.0 cm³/mol. The van der Waals surface area contributed by atoms with E-state index < -0.39 is 0 Å². The highest BCUT2D eigenvalue weighted by Gasteiger charge is 2.16. The third-order valence-corrected chi connectivity index (χ3v) is 4.24. The van der Waals surface area contributed by atoms with E-state index in [0.29, 0.717) is 16.5 Å². The first kappa shape index (κ1) is 14.9. The van der Waals surface area contributed by atoms with Gasteiger partial charge in [0.2, 0.25) is 0 Å². The van der Waals surface area contributed by atoms with Crippen LogP contribution in [-0.4, -0.2) is 0 Å². The molecule has 0 amide bonds. The smallest absolute Gasteiger partial charge is 0.142 e. The van der Waals surface area contributed by atoms with Gasteiger partial charge in [-0.1, -0.05) is 24.3 Å². The van der Waals surface area contributed by atoms with Gasteiger partial charge in [-0.15, -0.1) is 0 Å². The van der Waals surface area contributed by atoms with Crippen LogP contribution in [0.25, 0.3) is 0 Å². The number of benzene rings is 2. The van der Waals surface area contributed by atoms with Crippen LogP contribution >= 0.6 is 38.5 Å². The Hall–Kier alpha value is -0.500. The zero-order chi connectivity index (χ0) is 13.8. The molecule has 0 bridgehead atoms. The van der Waals surface area contributed by atoms with Crippen molar-refractivity contribution in [3.8, 4) is 0 Å². The first-order chi connectivity index (χ1) is 9.11. The first-order valence-corrected chi connectivity index (χ1v) is 7.63. The topological polar surface area (TPSA) is 38.0 Å². The third kappa shape index (κ3) is 3.75. The van der Waals surface area contributed by atoms with Crippen molar-refractivity contribution in [2.24, 2.45) is 5.84 Å². The summed E-state index contributed by atoms with van der Waals surface area (Å²) in [5.74, 6) is 5.30. The van der Waals surface area contributed by atoms with Crippen molar-refractivity contribution in [2.75, 3.05) is 0 Å². The lowest BCUT2D eigenvalue weighted by atomic mass is 9.99. The molecule has 2 aromatic rings. The minimum atomic E-state index is -0.268. The lowest BCUT2D eigenvalue weighted by Gasteiger charge is -2.17. The predicted octanol–water partition coefficient (Wildman–Crippen LogP) is 3.94. The summed E-state index contributed by atoms with van der Waals surface area (Å²) < 4.78 is 15.7. The van der Waals surface area contributed by atoms with Gasteiger partial charge in [0.25, 0.3) is 0 Å². The van der Waals surface area contributed by atoms with E-state index in [1.165, 1.54) is 3.57 Å². The van der Waals surface area contributed by atoms with Gasteiger partial charge < -0.3 is 0 Å². The van der Waals surface area contributed by atoms with Gasteiger partial charge >= 0.3 is 0 Å². The van der Waals surface area contributed by atoms with E-state index in [0.717, 1.165) is 5.56 Å². The minimum absolute atomic E-state index is 0.252. The van der Waals surface area contributed by atoms with Crippen LogP contribution in [0.2, 0.25) is 0 Å². The summed E-state index contributed by atoms with van der Waals surface area (Å²) in [5, 5.41) is 0. The number of hydrogen-bond acceptors (Lipinski definition) is 2. The van der Waals surface area contributed by atoms with Crippen LogP contribution in [0.3, 0.4) is 0 Å². The molecule has 2 nitrogen and oxygen atoms in total. The first-order valence-electron chi connectivity index (χ1n) is 5.76. The minimum Gasteiger partial charge on any atom is -0.271 e. The summed E-state index contributed by atoms with van der Waals surface area (Å²) in [6.45, 7) is 0. The van der Waals surface area contributed by atoms with Gasteiger partial charge in [-0.05, 0) is 68.7 Å². The lowest BCUT2D eigenvalue weighted by Crippen LogP contribution is -2.30. The molecule has 19 heavy (non-hydrogen) atoms. The van der Waals surface area contributed by atoms with Crippen molar-refractivity contribution in [1.29, 1.82) is 0 Å². The van der Waals surface area contributed by atoms with Gasteiger partial charge in [0.05, 0.1) is 10.5 Å². The second-order valence-corrected chi connectivity index (χ2v) is 6.29. The maximum absolute atomic E-state index is 14.1. The summed E-state index contributed by atoms with van der Waals surface area (Å²) in [6, 6.07) is 13.1. The molecule has 0 saturated heterocycles. The Morgan fingerprint density at radius 3 is 2.53 bits per heavy atom. The second-order valence-electron chi connectivity index (χ2n) is 4.19. The van der Waals surface area contributed by atoms with Gasteiger partial charge in [-0.2, -0.15) is 0 Å². The fourth-order valence-electron chi connectivity index (χ4n) is 1.90. The van der Waals surface area contributed by atoms with Crippen LogP contribution in [0.1, 0.15) is 17.2 Å². The Balaban J connectivity index is 2.25. The number of hydrogen-bond donors (Lipinski definition) is 2. The van der Waals surface area contributed by atoms with Crippen LogP contribution in [0.4, 0.5) is 4.39 Å². The quantitative estimate of drug-likeness (QED) is 0.434. The number of halogens is 3. The van der Waals surface area contributed by atoms with E-state index in [-0.39, 0.29) is 11.9 Å². The van der Waals surface area contributed by atoms with Crippen molar-refractivity contribution in [3.63, 3.8) is 0 Å². The monoisotopic (exact) mass is 434 g/mol. The second kappa shape index (κ2) is 6.78. The molecule has 0 aromatic heterocycles. The average Bonchev–Trinajstić information content (AvgIpc) is 2.42. The van der Waals surface area contributed by atoms with Gasteiger partial charge in [0.1, 0.15) is 5.82 Å². The van der Waals surface area contributed by atoms with Crippen molar-refractivity contribution >= 4 is 38.5 Å². The summed E-state index contributed by atoms with van der Waals surface area (Å²) in [7, 11) is 0. The van der Waals surface area contributed by atoms with Gasteiger partial charge in [-0.3, -0.25) is 11.3 Å². The van der Waals surface area contributed by atoms with Crippen LogP contribution < -0.4 is 11.3 Å². The average molecular weight is 435 g/mol. The lowest BCUT2D eigenvalue weighted by molar-refractivity contribution is 0.508. The third-order valence-electron chi connectivity index (χ3n) is 2.91. The van der Waals surface area contributed by atoms with Gasteiger partial charge in [0, 0.05) is 9.13 Å². The zero-order valence-corrected chi connectivity index (χ0v) is 13.8. The van der Waals surface area contributed by atoms with Crippen molar-refractivity contribution < 1.29 is 4.39 Å². The summed E-state index contributed by atoms with van der Waals surface area (Å²) in [5.41, 5.74) is 4.37. The van der Waals surface area contributed by atoms with Gasteiger partial charge in [0.15, 0.2) is 0 Å². The van der Waals surface area contributed by atoms with E-state index in [1.807, 2.05) is 24.3 Å². The normalized spacial score (nSPS) is 12.4. The van der Waals surface area contributed by atoms with E-state index in [4.69, 9.17) is 5.84 Å². The molecule has 0 spiro atoms. The maximum Gasteiger partial charge on any atom is 0.142 e. The van der Waals surface area contributed by atoms with Gasteiger partial charge in [-0.25, -0.2) is 4.39 Å². The molecule has 0 aliphatic carbocycles. The number of nitrogens with two attached hydrogens (primary N) is 1. The van der Waals surface area contributed by atoms with E-state index in [9.17, 15) is 4.39 Å². The van der Waals surface area contributed by atoms with Crippen LogP contribution in [0.15, 0.2) is 46.9 Å². The molecule has 1 atom stereocenters. The highest BCUT2D eigenvalue weighted by molar-refractivity contribution is 14.1. The molecule has 0 aliphatic heterocycles. The molecule has 0 heterocycles. The van der Waals surface area contributed by atoms with Crippen LogP contribution in [0.5, 0.6) is 0 Å². The maximum atomic E-state index is 14.1. The molecule has 3 N–H and O–H groups in total. The molecule has 2 aromatic carbocycles. The van der Waals surface area contributed by atoms with Crippen molar-refractivity contribution in [2.45, 2.75) is 12.5 Å². The molecule has 0 radical (unpaired) electrons. The Kier molecular flexibility index (Phi) is 5.32. The molecular weight excluding hydrogens is 422 g/mol.